The molecule has 142 valence electrons. The van der Waals surface area contributed by atoms with Crippen LogP contribution in [0.5, 0.6) is 0 Å². The van der Waals surface area contributed by atoms with Crippen molar-refractivity contribution in [3.8, 4) is 0 Å². The van der Waals surface area contributed by atoms with Crippen LogP contribution in [0, 0.1) is 11.7 Å². The van der Waals surface area contributed by atoms with Gasteiger partial charge in [0.1, 0.15) is 5.82 Å². The van der Waals surface area contributed by atoms with Gasteiger partial charge in [0.15, 0.2) is 6.61 Å². The minimum Gasteiger partial charge on any atom is -0.455 e. The van der Waals surface area contributed by atoms with Gasteiger partial charge in [-0.05, 0) is 31.0 Å². The molecule has 1 aliphatic heterocycles. The molecule has 0 bridgehead atoms. The van der Waals surface area contributed by atoms with Crippen LogP contribution in [0.1, 0.15) is 12.8 Å². The van der Waals surface area contributed by atoms with Gasteiger partial charge in [-0.1, -0.05) is 11.6 Å². The molecule has 1 aromatic rings. The van der Waals surface area contributed by atoms with Crippen molar-refractivity contribution >= 4 is 33.5 Å². The lowest BCUT2D eigenvalue weighted by atomic mass is 10.3. The van der Waals surface area contributed by atoms with Gasteiger partial charge in [0.05, 0.1) is 15.8 Å². The van der Waals surface area contributed by atoms with Crippen molar-refractivity contribution in [2.24, 2.45) is 5.92 Å². The molecule has 0 aromatic heterocycles. The van der Waals surface area contributed by atoms with Crippen molar-refractivity contribution in [2.75, 3.05) is 32.8 Å². The first-order valence-corrected chi connectivity index (χ1v) is 10.0. The molecule has 0 radical (unpaired) electrons. The summed E-state index contributed by atoms with van der Waals surface area (Å²) >= 11 is 5.66. The van der Waals surface area contributed by atoms with Gasteiger partial charge in [0.25, 0.3) is 5.91 Å². The van der Waals surface area contributed by atoms with Crippen molar-refractivity contribution in [1.29, 1.82) is 0 Å². The van der Waals surface area contributed by atoms with Crippen LogP contribution in [0.25, 0.3) is 0 Å². The number of carbonyl (C=O) groups is 2. The Hall–Kier alpha value is -1.71. The summed E-state index contributed by atoms with van der Waals surface area (Å²) in [4.78, 5) is 24.9. The average Bonchev–Trinajstić information content (AvgIpc) is 3.47. The number of rotatable bonds is 5. The molecule has 1 saturated heterocycles. The molecule has 26 heavy (non-hydrogen) atoms. The Kier molecular flexibility index (Phi) is 5.50. The Balaban J connectivity index is 1.56. The van der Waals surface area contributed by atoms with Gasteiger partial charge in [0, 0.05) is 26.2 Å². The van der Waals surface area contributed by atoms with Crippen LogP contribution in [0.15, 0.2) is 23.1 Å². The fourth-order valence-electron chi connectivity index (χ4n) is 2.63. The highest BCUT2D eigenvalue weighted by Crippen LogP contribution is 2.30. The molecule has 0 spiro atoms. The first kappa shape index (κ1) is 19.1. The predicted molar refractivity (Wildman–Crippen MR) is 90.4 cm³/mol. The summed E-state index contributed by atoms with van der Waals surface area (Å²) < 4.78 is 44.6. The van der Waals surface area contributed by atoms with E-state index >= 15 is 0 Å². The van der Waals surface area contributed by atoms with Gasteiger partial charge in [-0.3, -0.25) is 9.59 Å². The number of amides is 1. The maximum absolute atomic E-state index is 13.2. The van der Waals surface area contributed by atoms with Crippen molar-refractivity contribution < 1.29 is 27.1 Å². The number of sulfonamides is 1. The molecule has 1 aromatic carbocycles. The Labute approximate surface area is 155 Å². The fourth-order valence-corrected chi connectivity index (χ4v) is 4.32. The molecule has 1 heterocycles. The molecule has 0 atom stereocenters. The molecule has 1 saturated carbocycles. The maximum Gasteiger partial charge on any atom is 0.309 e. The van der Waals surface area contributed by atoms with Crippen LogP contribution in [0.4, 0.5) is 4.39 Å². The molecular weight excluding hydrogens is 387 g/mol. The normalized spacial score (nSPS) is 18.6. The van der Waals surface area contributed by atoms with E-state index in [4.69, 9.17) is 16.3 Å². The number of nitrogens with zero attached hydrogens (tertiary/aromatic N) is 2. The molecule has 1 aliphatic carbocycles. The number of carbonyl (C=O) groups excluding carboxylic acids is 2. The van der Waals surface area contributed by atoms with Crippen LogP contribution in [-0.4, -0.2) is 62.3 Å². The Morgan fingerprint density at radius 3 is 2.42 bits per heavy atom. The van der Waals surface area contributed by atoms with E-state index in [9.17, 15) is 22.4 Å². The molecule has 10 heteroatoms. The predicted octanol–water partition coefficient (Wildman–Crippen LogP) is 1.27. The summed E-state index contributed by atoms with van der Waals surface area (Å²) in [6.45, 7) is 0.247. The second kappa shape index (κ2) is 7.50. The third kappa shape index (κ3) is 4.16. The fraction of sp³-hybridized carbons (Fsp3) is 0.500. The highest BCUT2D eigenvalue weighted by atomic mass is 35.5. The highest BCUT2D eigenvalue weighted by Gasteiger charge is 2.33. The van der Waals surface area contributed by atoms with Gasteiger partial charge in [-0.2, -0.15) is 4.31 Å². The van der Waals surface area contributed by atoms with Crippen LogP contribution < -0.4 is 0 Å². The van der Waals surface area contributed by atoms with Crippen molar-refractivity contribution in [3.05, 3.63) is 29.0 Å². The van der Waals surface area contributed by atoms with E-state index in [2.05, 4.69) is 0 Å². The smallest absolute Gasteiger partial charge is 0.309 e. The zero-order valence-corrected chi connectivity index (χ0v) is 15.4. The summed E-state index contributed by atoms with van der Waals surface area (Å²) in [5.74, 6) is -1.47. The van der Waals surface area contributed by atoms with E-state index in [1.165, 1.54) is 9.21 Å². The first-order valence-electron chi connectivity index (χ1n) is 8.18. The number of ether oxygens (including phenoxy) is 1. The number of halogens is 2. The zero-order chi connectivity index (χ0) is 18.9. The molecule has 0 unspecified atom stereocenters. The number of hydrogen-bond acceptors (Lipinski definition) is 5. The average molecular weight is 405 g/mol. The number of esters is 1. The third-order valence-corrected chi connectivity index (χ3v) is 6.55. The third-order valence-electron chi connectivity index (χ3n) is 4.37. The number of benzene rings is 1. The van der Waals surface area contributed by atoms with Crippen molar-refractivity contribution in [1.82, 2.24) is 9.21 Å². The standard InChI is InChI=1S/C16H18ClFN2O5S/c17-13-9-12(3-4-14(13)18)26(23,24)20-7-5-19(6-8-20)15(21)10-25-16(22)11-1-2-11/h3-4,9,11H,1-2,5-8,10H2. The van der Waals surface area contributed by atoms with E-state index < -0.39 is 15.8 Å². The van der Waals surface area contributed by atoms with Crippen LogP contribution in [-0.2, 0) is 24.3 Å². The topological polar surface area (TPSA) is 84.0 Å². The van der Waals surface area contributed by atoms with Crippen molar-refractivity contribution in [3.63, 3.8) is 0 Å². The molecule has 2 fully saturated rings. The maximum atomic E-state index is 13.2. The van der Waals surface area contributed by atoms with E-state index in [0.717, 1.165) is 31.0 Å². The summed E-state index contributed by atoms with van der Waals surface area (Å²) in [6.07, 6.45) is 1.61. The molecule has 3 rings (SSSR count). The van der Waals surface area contributed by atoms with E-state index in [0.29, 0.717) is 0 Å². The van der Waals surface area contributed by atoms with Crippen molar-refractivity contribution in [2.45, 2.75) is 17.7 Å². The van der Waals surface area contributed by atoms with Gasteiger partial charge in [-0.25, -0.2) is 12.8 Å². The lowest BCUT2D eigenvalue weighted by Crippen LogP contribution is -2.51. The van der Waals surface area contributed by atoms with Crippen LogP contribution in [0.2, 0.25) is 5.02 Å². The summed E-state index contributed by atoms with van der Waals surface area (Å²) in [5, 5.41) is -0.266. The Morgan fingerprint density at radius 2 is 1.85 bits per heavy atom. The second-order valence-corrected chi connectivity index (χ2v) is 8.59. The largest absolute Gasteiger partial charge is 0.455 e. The monoisotopic (exact) mass is 404 g/mol. The summed E-state index contributed by atoms with van der Waals surface area (Å²) in [5.41, 5.74) is 0. The first-order chi connectivity index (χ1) is 12.3. The number of piperazine rings is 1. The second-order valence-electron chi connectivity index (χ2n) is 6.24. The summed E-state index contributed by atoms with van der Waals surface area (Å²) in [6, 6.07) is 3.23. The van der Waals surface area contributed by atoms with Gasteiger partial charge in [-0.15, -0.1) is 0 Å². The molecule has 0 N–H and O–H groups in total. The van der Waals surface area contributed by atoms with Gasteiger partial charge < -0.3 is 9.64 Å². The van der Waals surface area contributed by atoms with E-state index in [1.807, 2.05) is 0 Å². The highest BCUT2D eigenvalue weighted by molar-refractivity contribution is 7.89. The van der Waals surface area contributed by atoms with E-state index in [-0.39, 0.29) is 60.5 Å². The Morgan fingerprint density at radius 1 is 1.19 bits per heavy atom. The van der Waals surface area contributed by atoms with E-state index in [1.54, 1.807) is 0 Å². The van der Waals surface area contributed by atoms with Crippen LogP contribution in [0.3, 0.4) is 0 Å². The summed E-state index contributed by atoms with van der Waals surface area (Å²) in [7, 11) is -3.82. The van der Waals surface area contributed by atoms with Gasteiger partial charge in [0.2, 0.25) is 10.0 Å². The van der Waals surface area contributed by atoms with Gasteiger partial charge >= 0.3 is 5.97 Å². The molecule has 1 amide bonds. The number of hydrogen-bond donors (Lipinski definition) is 0. The quantitative estimate of drug-likeness (QED) is 0.690. The minimum atomic E-state index is -3.82. The molecule has 7 nitrogen and oxygen atoms in total. The molecule has 2 aliphatic rings. The van der Waals surface area contributed by atoms with Crippen LogP contribution >= 0.6 is 11.6 Å². The minimum absolute atomic E-state index is 0.0766. The lowest BCUT2D eigenvalue weighted by molar-refractivity contribution is -0.153. The Bertz CT molecular complexity index is 820. The lowest BCUT2D eigenvalue weighted by Gasteiger charge is -2.33. The molecular formula is C16H18ClFN2O5S. The SMILES string of the molecule is O=C(OCC(=O)N1CCN(S(=O)(=O)c2ccc(F)c(Cl)c2)CC1)C1CC1. The zero-order valence-electron chi connectivity index (χ0n) is 13.9.